The first-order valence-corrected chi connectivity index (χ1v) is 8.56. The summed E-state index contributed by atoms with van der Waals surface area (Å²) in [6, 6.07) is 15.8. The van der Waals surface area contributed by atoms with Gasteiger partial charge in [0, 0.05) is 30.5 Å². The predicted molar refractivity (Wildman–Crippen MR) is 101 cm³/mol. The molecule has 0 bridgehead atoms. The first kappa shape index (κ1) is 17.2. The van der Waals surface area contributed by atoms with Crippen LogP contribution in [0.3, 0.4) is 0 Å². The van der Waals surface area contributed by atoms with E-state index in [1.165, 1.54) is 5.56 Å². The quantitative estimate of drug-likeness (QED) is 0.719. The molecule has 3 rings (SSSR count). The van der Waals surface area contributed by atoms with Crippen LogP contribution >= 0.6 is 0 Å². The maximum Gasteiger partial charge on any atom is 0.227 e. The molecule has 1 heterocycles. The highest BCUT2D eigenvalue weighted by Crippen LogP contribution is 2.30. The van der Waals surface area contributed by atoms with Gasteiger partial charge in [-0.1, -0.05) is 36.4 Å². The average Bonchev–Trinajstić information content (AvgIpc) is 2.94. The zero-order valence-corrected chi connectivity index (χ0v) is 15.1. The molecule has 0 saturated heterocycles. The van der Waals surface area contributed by atoms with Crippen LogP contribution in [-0.4, -0.2) is 40.7 Å². The molecule has 0 aliphatic rings. The van der Waals surface area contributed by atoms with Crippen molar-refractivity contribution in [2.24, 2.45) is 0 Å². The number of carbonyl (C=O) groups is 1. The molecular formula is C21H25N2O2+. The zero-order chi connectivity index (χ0) is 18.0. The third kappa shape index (κ3) is 3.74. The van der Waals surface area contributed by atoms with Crippen LogP contribution in [0.2, 0.25) is 0 Å². The molecule has 2 aromatic carbocycles. The predicted octanol–water partition coefficient (Wildman–Crippen LogP) is 3.83. The molecule has 0 fully saturated rings. The van der Waals surface area contributed by atoms with E-state index < -0.39 is 0 Å². The molecule has 0 unspecified atom stereocenters. The Bertz CT molecular complexity index is 895. The van der Waals surface area contributed by atoms with E-state index in [1.54, 1.807) is 23.6 Å². The van der Waals surface area contributed by atoms with Gasteiger partial charge in [-0.05, 0) is 17.7 Å². The van der Waals surface area contributed by atoms with E-state index in [-0.39, 0.29) is 11.7 Å². The van der Waals surface area contributed by atoms with Crippen molar-refractivity contribution in [2.45, 2.75) is 19.9 Å². The summed E-state index contributed by atoms with van der Waals surface area (Å²) in [5.41, 5.74) is 3.10. The molecule has 4 heteroatoms. The van der Waals surface area contributed by atoms with Gasteiger partial charge in [0.05, 0.1) is 26.2 Å². The van der Waals surface area contributed by atoms with Gasteiger partial charge in [0.25, 0.3) is 0 Å². The van der Waals surface area contributed by atoms with Gasteiger partial charge < -0.3 is 9.59 Å². The van der Waals surface area contributed by atoms with E-state index in [0.29, 0.717) is 0 Å². The lowest BCUT2D eigenvalue weighted by Gasteiger charge is -2.30. The summed E-state index contributed by atoms with van der Waals surface area (Å²) in [6.45, 7) is 3.40. The molecule has 0 atom stereocenters. The van der Waals surface area contributed by atoms with E-state index >= 15 is 0 Å². The van der Waals surface area contributed by atoms with Crippen molar-refractivity contribution >= 4 is 16.8 Å². The molecule has 3 aromatic rings. The van der Waals surface area contributed by atoms with Crippen molar-refractivity contribution in [1.82, 2.24) is 4.57 Å². The first-order valence-electron chi connectivity index (χ1n) is 8.56. The second kappa shape index (κ2) is 6.73. The van der Waals surface area contributed by atoms with E-state index in [4.69, 9.17) is 0 Å². The Labute approximate surface area is 148 Å². The van der Waals surface area contributed by atoms with Crippen molar-refractivity contribution in [3.63, 3.8) is 0 Å². The lowest BCUT2D eigenvalue weighted by atomic mass is 10.1. The second-order valence-corrected chi connectivity index (χ2v) is 7.27. The number of nitrogens with zero attached hydrogens (tertiary/aromatic N) is 2. The molecule has 0 radical (unpaired) electrons. The van der Waals surface area contributed by atoms with Gasteiger partial charge in [-0.15, -0.1) is 0 Å². The summed E-state index contributed by atoms with van der Waals surface area (Å²) in [4.78, 5) is 11.9. The first-order chi connectivity index (χ1) is 11.9. The number of aromatic hydroxyl groups is 1. The zero-order valence-electron chi connectivity index (χ0n) is 15.1. The number of hydrogen-bond acceptors (Lipinski definition) is 2. The molecule has 0 saturated carbocycles. The van der Waals surface area contributed by atoms with Crippen LogP contribution in [0, 0.1) is 0 Å². The molecule has 1 aromatic heterocycles. The van der Waals surface area contributed by atoms with Gasteiger partial charge in [-0.3, -0.25) is 9.36 Å². The highest BCUT2D eigenvalue weighted by atomic mass is 16.3. The van der Waals surface area contributed by atoms with Crippen LogP contribution < -0.4 is 0 Å². The summed E-state index contributed by atoms with van der Waals surface area (Å²) in [7, 11) is 4.41. The minimum atomic E-state index is -0.0418. The second-order valence-electron chi connectivity index (χ2n) is 7.27. The third-order valence-corrected chi connectivity index (χ3v) is 4.67. The van der Waals surface area contributed by atoms with Crippen LogP contribution in [0.1, 0.15) is 22.8 Å². The molecule has 1 N–H and O–H groups in total. The molecule has 0 aliphatic carbocycles. The smallest absolute Gasteiger partial charge is 0.227 e. The monoisotopic (exact) mass is 337 g/mol. The number of rotatable bonds is 5. The summed E-state index contributed by atoms with van der Waals surface area (Å²) in [5, 5.41) is 11.1. The van der Waals surface area contributed by atoms with Crippen LogP contribution in [0.25, 0.3) is 10.9 Å². The fraction of sp³-hybridized carbons (Fsp3) is 0.286. The molecule has 0 aliphatic heterocycles. The van der Waals surface area contributed by atoms with Gasteiger partial charge in [-0.2, -0.15) is 0 Å². The van der Waals surface area contributed by atoms with Gasteiger partial charge in [0.2, 0.25) is 5.91 Å². The van der Waals surface area contributed by atoms with Crippen LogP contribution in [0.4, 0.5) is 0 Å². The Balaban J connectivity index is 1.84. The van der Waals surface area contributed by atoms with Crippen LogP contribution in [0.5, 0.6) is 5.75 Å². The number of fused-ring (bicyclic) bond motifs is 1. The highest BCUT2D eigenvalue weighted by molar-refractivity contribution is 5.96. The topological polar surface area (TPSA) is 42.2 Å². The molecule has 4 nitrogen and oxygen atoms in total. The largest absolute Gasteiger partial charge is 0.507 e. The summed E-state index contributed by atoms with van der Waals surface area (Å²) in [5.74, 6) is 0.195. The highest BCUT2D eigenvalue weighted by Gasteiger charge is 2.19. The minimum absolute atomic E-state index is 0.0418. The fourth-order valence-electron chi connectivity index (χ4n) is 3.38. The molecule has 25 heavy (non-hydrogen) atoms. The lowest BCUT2D eigenvalue weighted by molar-refractivity contribution is -0.903. The molecule has 0 spiro atoms. The van der Waals surface area contributed by atoms with Crippen molar-refractivity contribution in [2.75, 3.05) is 20.6 Å². The number of benzene rings is 2. The fourth-order valence-corrected chi connectivity index (χ4v) is 3.38. The van der Waals surface area contributed by atoms with Crippen LogP contribution in [0.15, 0.2) is 54.7 Å². The van der Waals surface area contributed by atoms with Crippen molar-refractivity contribution in [3.8, 4) is 5.75 Å². The maximum absolute atomic E-state index is 11.9. The Morgan fingerprint density at radius 2 is 1.80 bits per heavy atom. The van der Waals surface area contributed by atoms with E-state index in [0.717, 1.165) is 40.5 Å². The Morgan fingerprint density at radius 1 is 1.08 bits per heavy atom. The van der Waals surface area contributed by atoms with E-state index in [2.05, 4.69) is 38.4 Å². The SMILES string of the molecule is CC(=O)n1cc(CC[N+](C)(C)Cc2ccccc2)c2c(O)cccc21. The number of phenolic OH excluding ortho intramolecular Hbond substituents is 1. The van der Waals surface area contributed by atoms with Gasteiger partial charge >= 0.3 is 0 Å². The Morgan fingerprint density at radius 3 is 2.48 bits per heavy atom. The Hall–Kier alpha value is -2.59. The van der Waals surface area contributed by atoms with Gasteiger partial charge in [0.1, 0.15) is 12.3 Å². The van der Waals surface area contributed by atoms with Crippen molar-refractivity contribution in [3.05, 3.63) is 65.9 Å². The van der Waals surface area contributed by atoms with E-state index in [9.17, 15) is 9.90 Å². The number of phenols is 1. The summed E-state index contributed by atoms with van der Waals surface area (Å²) >= 11 is 0. The normalized spacial score (nSPS) is 11.8. The van der Waals surface area contributed by atoms with E-state index in [1.807, 2.05) is 18.3 Å². The number of hydrogen-bond donors (Lipinski definition) is 1. The number of aromatic nitrogens is 1. The van der Waals surface area contributed by atoms with Crippen LogP contribution in [-0.2, 0) is 13.0 Å². The minimum Gasteiger partial charge on any atom is -0.507 e. The lowest BCUT2D eigenvalue weighted by Crippen LogP contribution is -2.40. The third-order valence-electron chi connectivity index (χ3n) is 4.67. The molecule has 0 amide bonds. The summed E-state index contributed by atoms with van der Waals surface area (Å²) < 4.78 is 2.46. The molecule has 130 valence electrons. The van der Waals surface area contributed by atoms with Gasteiger partial charge in [0.15, 0.2) is 0 Å². The number of quaternary nitrogens is 1. The number of likely N-dealkylation sites (N-methyl/N-ethyl adjacent to an activating group) is 1. The molecular weight excluding hydrogens is 312 g/mol. The van der Waals surface area contributed by atoms with Crippen molar-refractivity contribution < 1.29 is 14.4 Å². The summed E-state index contributed by atoms with van der Waals surface area (Å²) in [6.07, 6.45) is 2.67. The maximum atomic E-state index is 11.9. The number of carbonyl (C=O) groups excluding carboxylic acids is 1. The average molecular weight is 337 g/mol. The Kier molecular flexibility index (Phi) is 4.64. The standard InChI is InChI=1S/C21H24N2O2/c1-16(24)22-14-18(21-19(22)10-7-11-20(21)25)12-13-23(2,3)15-17-8-5-4-6-9-17/h4-11,14H,12-13,15H2,1-3H3/p+1. The van der Waals surface area contributed by atoms with Crippen molar-refractivity contribution in [1.29, 1.82) is 0 Å². The van der Waals surface area contributed by atoms with Gasteiger partial charge in [-0.25, -0.2) is 0 Å².